The summed E-state index contributed by atoms with van der Waals surface area (Å²) >= 11 is 0. The molecule has 0 aliphatic heterocycles. The monoisotopic (exact) mass is 259 g/mol. The van der Waals surface area contributed by atoms with Crippen molar-refractivity contribution in [1.82, 2.24) is 5.32 Å². The van der Waals surface area contributed by atoms with E-state index in [0.29, 0.717) is 6.04 Å². The molecule has 0 spiro atoms. The van der Waals surface area contributed by atoms with Crippen LogP contribution in [0.4, 0.5) is 0 Å². The molecule has 2 aliphatic rings. The van der Waals surface area contributed by atoms with Gasteiger partial charge in [0.2, 0.25) is 0 Å². The van der Waals surface area contributed by atoms with Crippen molar-refractivity contribution in [1.29, 1.82) is 0 Å². The van der Waals surface area contributed by atoms with Crippen LogP contribution in [0, 0.1) is 0 Å². The van der Waals surface area contributed by atoms with E-state index in [1.807, 2.05) is 18.2 Å². The molecule has 0 aromatic heterocycles. The Bertz CT molecular complexity index is 455. The van der Waals surface area contributed by atoms with Crippen molar-refractivity contribution in [2.45, 2.75) is 56.0 Å². The Morgan fingerprint density at radius 1 is 1.16 bits per heavy atom. The first-order valence-corrected chi connectivity index (χ1v) is 7.28. The maximum absolute atomic E-state index is 12.0. The molecule has 2 fully saturated rings. The Morgan fingerprint density at radius 2 is 1.89 bits per heavy atom. The molecule has 3 rings (SSSR count). The predicted molar refractivity (Wildman–Crippen MR) is 74.2 cm³/mol. The van der Waals surface area contributed by atoms with Crippen LogP contribution in [0.5, 0.6) is 0 Å². The number of benzene rings is 1. The molecule has 1 aromatic rings. The van der Waals surface area contributed by atoms with Crippen molar-refractivity contribution in [2.75, 3.05) is 0 Å². The Labute approximate surface area is 114 Å². The van der Waals surface area contributed by atoms with Crippen molar-refractivity contribution < 1.29 is 9.90 Å². The number of hydrogen-bond donors (Lipinski definition) is 2. The zero-order valence-electron chi connectivity index (χ0n) is 11.1. The molecule has 2 aliphatic carbocycles. The highest BCUT2D eigenvalue weighted by molar-refractivity contribution is 5.81. The van der Waals surface area contributed by atoms with Crippen LogP contribution in [0.3, 0.4) is 0 Å². The first kappa shape index (κ1) is 12.7. The predicted octanol–water partition coefficient (Wildman–Crippen LogP) is 2.92. The molecular formula is C16H21NO2. The van der Waals surface area contributed by atoms with Crippen molar-refractivity contribution in [3.05, 3.63) is 35.9 Å². The summed E-state index contributed by atoms with van der Waals surface area (Å²) in [5.74, 6) is -0.575. The van der Waals surface area contributed by atoms with Crippen molar-refractivity contribution in [3.8, 4) is 0 Å². The van der Waals surface area contributed by atoms with E-state index >= 15 is 0 Å². The van der Waals surface area contributed by atoms with Gasteiger partial charge in [0.05, 0.1) is 0 Å². The van der Waals surface area contributed by atoms with Crippen LogP contribution in [0.15, 0.2) is 30.3 Å². The van der Waals surface area contributed by atoms with Crippen LogP contribution in [0.25, 0.3) is 0 Å². The van der Waals surface area contributed by atoms with Crippen LogP contribution >= 0.6 is 0 Å². The zero-order chi connectivity index (χ0) is 13.3. The number of carboxylic acids is 1. The lowest BCUT2D eigenvalue weighted by atomic mass is 9.69. The fraction of sp³-hybridized carbons (Fsp3) is 0.562. The molecule has 1 aromatic carbocycles. The number of hydrogen-bond acceptors (Lipinski definition) is 2. The summed E-state index contributed by atoms with van der Waals surface area (Å²) in [4.78, 5) is 12.0. The van der Waals surface area contributed by atoms with E-state index in [1.54, 1.807) is 0 Å². The quantitative estimate of drug-likeness (QED) is 0.874. The van der Waals surface area contributed by atoms with Crippen LogP contribution in [0.2, 0.25) is 0 Å². The van der Waals surface area contributed by atoms with Crippen LogP contribution < -0.4 is 5.32 Å². The second-order valence-electron chi connectivity index (χ2n) is 5.90. The minimum atomic E-state index is -0.749. The standard InChI is InChI=1S/C16H21NO2/c18-15(19)16(17-13-9-10-13)11-5-4-8-14(16)12-6-2-1-3-7-12/h1-3,6-7,13-14,17H,4-5,8-11H2,(H,18,19). The van der Waals surface area contributed by atoms with Gasteiger partial charge in [-0.1, -0.05) is 43.2 Å². The molecule has 0 bridgehead atoms. The van der Waals surface area contributed by atoms with Crippen LogP contribution in [-0.4, -0.2) is 22.7 Å². The van der Waals surface area contributed by atoms with Crippen LogP contribution in [-0.2, 0) is 4.79 Å². The van der Waals surface area contributed by atoms with Gasteiger partial charge in [0.15, 0.2) is 0 Å². The van der Waals surface area contributed by atoms with E-state index in [0.717, 1.165) is 44.1 Å². The molecule has 2 unspecified atom stereocenters. The average Bonchev–Trinajstić information content (AvgIpc) is 3.24. The fourth-order valence-corrected chi connectivity index (χ4v) is 3.39. The second-order valence-corrected chi connectivity index (χ2v) is 5.90. The lowest BCUT2D eigenvalue weighted by Gasteiger charge is -2.42. The molecule has 102 valence electrons. The highest BCUT2D eigenvalue weighted by Gasteiger charge is 2.50. The van der Waals surface area contributed by atoms with E-state index < -0.39 is 11.5 Å². The lowest BCUT2D eigenvalue weighted by molar-refractivity contribution is -0.147. The lowest BCUT2D eigenvalue weighted by Crippen LogP contribution is -2.58. The van der Waals surface area contributed by atoms with Gasteiger partial charge in [-0.15, -0.1) is 0 Å². The van der Waals surface area contributed by atoms with Gasteiger partial charge >= 0.3 is 5.97 Å². The summed E-state index contributed by atoms with van der Waals surface area (Å²) < 4.78 is 0. The number of nitrogens with one attached hydrogen (secondary N) is 1. The normalized spacial score (nSPS) is 31.1. The van der Waals surface area contributed by atoms with E-state index in [1.165, 1.54) is 0 Å². The summed E-state index contributed by atoms with van der Waals surface area (Å²) in [6.07, 6.45) is 6.10. The molecule has 0 saturated heterocycles. The third-order valence-corrected chi connectivity index (χ3v) is 4.53. The molecule has 0 amide bonds. The minimum Gasteiger partial charge on any atom is -0.480 e. The van der Waals surface area contributed by atoms with E-state index in [9.17, 15) is 9.90 Å². The SMILES string of the molecule is O=C(O)C1(NC2CC2)CCCCC1c1ccccc1. The van der Waals surface area contributed by atoms with Gasteiger partial charge in [-0.05, 0) is 31.2 Å². The van der Waals surface area contributed by atoms with Gasteiger partial charge < -0.3 is 5.11 Å². The van der Waals surface area contributed by atoms with Gasteiger partial charge in [-0.2, -0.15) is 0 Å². The highest BCUT2D eigenvalue weighted by Crippen LogP contribution is 2.43. The fourth-order valence-electron chi connectivity index (χ4n) is 3.39. The van der Waals surface area contributed by atoms with Crippen molar-refractivity contribution >= 4 is 5.97 Å². The molecule has 19 heavy (non-hydrogen) atoms. The van der Waals surface area contributed by atoms with E-state index in [2.05, 4.69) is 17.4 Å². The Balaban J connectivity index is 1.95. The van der Waals surface area contributed by atoms with Crippen molar-refractivity contribution in [2.24, 2.45) is 0 Å². The Morgan fingerprint density at radius 3 is 2.53 bits per heavy atom. The third-order valence-electron chi connectivity index (χ3n) is 4.53. The number of rotatable bonds is 4. The third kappa shape index (κ3) is 2.39. The molecule has 3 heteroatoms. The maximum Gasteiger partial charge on any atom is 0.324 e. The van der Waals surface area contributed by atoms with Gasteiger partial charge in [0.1, 0.15) is 5.54 Å². The highest BCUT2D eigenvalue weighted by atomic mass is 16.4. The molecule has 2 N–H and O–H groups in total. The Kier molecular flexibility index (Phi) is 3.31. The first-order valence-electron chi connectivity index (χ1n) is 7.28. The van der Waals surface area contributed by atoms with Gasteiger partial charge in [0, 0.05) is 12.0 Å². The smallest absolute Gasteiger partial charge is 0.324 e. The molecule has 2 atom stereocenters. The number of aliphatic carboxylic acids is 1. The molecule has 0 heterocycles. The van der Waals surface area contributed by atoms with Gasteiger partial charge in [0.25, 0.3) is 0 Å². The Hall–Kier alpha value is -1.35. The average molecular weight is 259 g/mol. The van der Waals surface area contributed by atoms with Crippen LogP contribution in [0.1, 0.15) is 50.0 Å². The molecule has 3 nitrogen and oxygen atoms in total. The molecule has 2 saturated carbocycles. The largest absolute Gasteiger partial charge is 0.480 e. The second kappa shape index (κ2) is 4.97. The summed E-state index contributed by atoms with van der Waals surface area (Å²) in [6.45, 7) is 0. The number of carbonyl (C=O) groups is 1. The summed E-state index contributed by atoms with van der Waals surface area (Å²) in [7, 11) is 0. The topological polar surface area (TPSA) is 49.3 Å². The molecular weight excluding hydrogens is 238 g/mol. The number of carboxylic acid groups (broad SMARTS) is 1. The zero-order valence-corrected chi connectivity index (χ0v) is 11.1. The minimum absolute atomic E-state index is 0.0977. The maximum atomic E-state index is 12.0. The van der Waals surface area contributed by atoms with E-state index in [4.69, 9.17) is 0 Å². The molecule has 0 radical (unpaired) electrons. The van der Waals surface area contributed by atoms with Gasteiger partial charge in [-0.25, -0.2) is 0 Å². The first-order chi connectivity index (χ1) is 9.22. The van der Waals surface area contributed by atoms with Gasteiger partial charge in [-0.3, -0.25) is 10.1 Å². The van der Waals surface area contributed by atoms with E-state index in [-0.39, 0.29) is 5.92 Å². The van der Waals surface area contributed by atoms with Crippen molar-refractivity contribution in [3.63, 3.8) is 0 Å². The summed E-state index contributed by atoms with van der Waals surface area (Å²) in [5, 5.41) is 13.3. The summed E-state index contributed by atoms with van der Waals surface area (Å²) in [5.41, 5.74) is 0.415. The summed E-state index contributed by atoms with van der Waals surface area (Å²) in [6, 6.07) is 10.6.